The van der Waals surface area contributed by atoms with Gasteiger partial charge in [0.1, 0.15) is 12.4 Å². The number of hydrazone groups is 1. The van der Waals surface area contributed by atoms with Crippen LogP contribution in [0.3, 0.4) is 0 Å². The van der Waals surface area contributed by atoms with E-state index in [0.717, 1.165) is 11.1 Å². The molecule has 0 radical (unpaired) electrons. The van der Waals surface area contributed by atoms with Gasteiger partial charge in [-0.2, -0.15) is 5.10 Å². The van der Waals surface area contributed by atoms with Crippen LogP contribution in [0.4, 0.5) is 11.4 Å². The zero-order chi connectivity index (χ0) is 21.5. The van der Waals surface area contributed by atoms with Crippen LogP contribution in [0.25, 0.3) is 0 Å². The summed E-state index contributed by atoms with van der Waals surface area (Å²) in [5, 5.41) is 14.6. The maximum atomic E-state index is 12.1. The number of nitro groups is 1. The van der Waals surface area contributed by atoms with Crippen LogP contribution >= 0.6 is 15.9 Å². The van der Waals surface area contributed by atoms with Crippen LogP contribution in [-0.2, 0) is 6.61 Å². The van der Waals surface area contributed by atoms with Crippen molar-refractivity contribution in [3.05, 3.63) is 98.0 Å². The van der Waals surface area contributed by atoms with Crippen molar-refractivity contribution >= 4 is 39.4 Å². The van der Waals surface area contributed by atoms with Gasteiger partial charge in [0, 0.05) is 17.8 Å². The van der Waals surface area contributed by atoms with Crippen molar-refractivity contribution in [1.82, 2.24) is 5.43 Å². The molecule has 0 aliphatic carbocycles. The fourth-order valence-corrected chi connectivity index (χ4v) is 3.03. The van der Waals surface area contributed by atoms with Crippen molar-refractivity contribution in [2.45, 2.75) is 6.61 Å². The van der Waals surface area contributed by atoms with E-state index in [2.05, 4.69) is 26.5 Å². The number of benzene rings is 3. The number of carbonyl (C=O) groups is 1. The lowest BCUT2D eigenvalue weighted by Gasteiger charge is -2.09. The van der Waals surface area contributed by atoms with Crippen LogP contribution in [0.5, 0.6) is 5.75 Å². The summed E-state index contributed by atoms with van der Waals surface area (Å²) in [6.45, 7) is 0.262. The number of nitro benzene ring substituents is 1. The fourth-order valence-electron chi connectivity index (χ4n) is 2.52. The van der Waals surface area contributed by atoms with Gasteiger partial charge >= 0.3 is 0 Å². The van der Waals surface area contributed by atoms with E-state index < -0.39 is 10.8 Å². The third-order valence-corrected chi connectivity index (χ3v) is 4.70. The summed E-state index contributed by atoms with van der Waals surface area (Å²) in [5.41, 5.74) is 10.5. The molecule has 0 fully saturated rings. The van der Waals surface area contributed by atoms with Gasteiger partial charge in [-0.15, -0.1) is 0 Å². The van der Waals surface area contributed by atoms with E-state index in [9.17, 15) is 14.9 Å². The van der Waals surface area contributed by atoms with Gasteiger partial charge in [0.15, 0.2) is 0 Å². The molecule has 9 heteroatoms. The molecule has 152 valence electrons. The molecule has 0 spiro atoms. The number of nitrogens with two attached hydrogens (primary N) is 1. The number of amides is 1. The summed E-state index contributed by atoms with van der Waals surface area (Å²) in [5.74, 6) is 0.207. The molecule has 0 bridgehead atoms. The standard InChI is InChI=1S/C21H17BrN4O4/c22-18-11-15(12-24-25-21(27)17-3-1-2-4-19(17)23)7-10-20(18)30-13-14-5-8-16(9-6-14)26(28)29/h1-12H,13,23H2,(H,25,27)/b24-12+. The van der Waals surface area contributed by atoms with Crippen molar-refractivity contribution in [2.75, 3.05) is 5.73 Å². The molecule has 8 nitrogen and oxygen atoms in total. The number of anilines is 1. The van der Waals surface area contributed by atoms with Gasteiger partial charge in [-0.05, 0) is 69.5 Å². The number of nitrogen functional groups attached to an aromatic ring is 1. The lowest BCUT2D eigenvalue weighted by Crippen LogP contribution is -2.18. The van der Waals surface area contributed by atoms with E-state index in [-0.39, 0.29) is 12.3 Å². The van der Waals surface area contributed by atoms with E-state index >= 15 is 0 Å². The van der Waals surface area contributed by atoms with Crippen LogP contribution in [0.1, 0.15) is 21.5 Å². The summed E-state index contributed by atoms with van der Waals surface area (Å²) in [6.07, 6.45) is 1.50. The summed E-state index contributed by atoms with van der Waals surface area (Å²) in [7, 11) is 0. The number of nitrogens with one attached hydrogen (secondary N) is 1. The predicted molar refractivity (Wildman–Crippen MR) is 117 cm³/mol. The molecule has 0 saturated carbocycles. The van der Waals surface area contributed by atoms with Crippen LogP contribution in [0.15, 0.2) is 76.3 Å². The SMILES string of the molecule is Nc1ccccc1C(=O)N/N=C/c1ccc(OCc2ccc([N+](=O)[O-])cc2)c(Br)c1. The topological polar surface area (TPSA) is 120 Å². The minimum absolute atomic E-state index is 0.0330. The van der Waals surface area contributed by atoms with Gasteiger partial charge in [-0.1, -0.05) is 12.1 Å². The maximum Gasteiger partial charge on any atom is 0.273 e. The third-order valence-electron chi connectivity index (χ3n) is 4.08. The molecule has 0 heterocycles. The van der Waals surface area contributed by atoms with Crippen LogP contribution in [0.2, 0.25) is 0 Å². The first kappa shape index (κ1) is 21.0. The van der Waals surface area contributed by atoms with Gasteiger partial charge in [0.05, 0.1) is 21.2 Å². The highest BCUT2D eigenvalue weighted by atomic mass is 79.9. The van der Waals surface area contributed by atoms with Gasteiger partial charge in [0.2, 0.25) is 0 Å². The first-order valence-electron chi connectivity index (χ1n) is 8.77. The van der Waals surface area contributed by atoms with E-state index in [1.54, 1.807) is 54.6 Å². The molecule has 0 aliphatic heterocycles. The molecule has 0 saturated heterocycles. The van der Waals surface area contributed by atoms with Crippen molar-refractivity contribution in [3.63, 3.8) is 0 Å². The largest absolute Gasteiger partial charge is 0.488 e. The summed E-state index contributed by atoms with van der Waals surface area (Å²) >= 11 is 3.44. The Bertz CT molecular complexity index is 1100. The molecular weight excluding hydrogens is 452 g/mol. The lowest BCUT2D eigenvalue weighted by atomic mass is 10.2. The average molecular weight is 469 g/mol. The Morgan fingerprint density at radius 1 is 1.17 bits per heavy atom. The number of non-ortho nitro benzene ring substituents is 1. The van der Waals surface area contributed by atoms with E-state index in [1.165, 1.54) is 18.3 Å². The second kappa shape index (κ2) is 9.66. The smallest absolute Gasteiger partial charge is 0.273 e. The van der Waals surface area contributed by atoms with E-state index in [4.69, 9.17) is 10.5 Å². The first-order valence-corrected chi connectivity index (χ1v) is 9.57. The molecule has 3 N–H and O–H groups in total. The Morgan fingerprint density at radius 3 is 2.57 bits per heavy atom. The number of halogens is 1. The Morgan fingerprint density at radius 2 is 1.90 bits per heavy atom. The second-order valence-electron chi connectivity index (χ2n) is 6.19. The third kappa shape index (κ3) is 5.42. The summed E-state index contributed by atoms with van der Waals surface area (Å²) < 4.78 is 6.45. The molecule has 0 aromatic heterocycles. The highest BCUT2D eigenvalue weighted by molar-refractivity contribution is 9.10. The molecular formula is C21H17BrN4O4. The van der Waals surface area contributed by atoms with Gasteiger partial charge in [0.25, 0.3) is 11.6 Å². The highest BCUT2D eigenvalue weighted by Gasteiger charge is 2.08. The monoisotopic (exact) mass is 468 g/mol. The number of hydrogen-bond donors (Lipinski definition) is 2. The number of hydrogen-bond acceptors (Lipinski definition) is 6. The van der Waals surface area contributed by atoms with Gasteiger partial charge in [-0.3, -0.25) is 14.9 Å². The van der Waals surface area contributed by atoms with Crippen molar-refractivity contribution in [3.8, 4) is 5.75 Å². The Kier molecular flexibility index (Phi) is 6.76. The quantitative estimate of drug-likeness (QED) is 0.232. The number of para-hydroxylation sites is 1. The molecule has 0 unspecified atom stereocenters. The molecule has 0 atom stereocenters. The summed E-state index contributed by atoms with van der Waals surface area (Å²) in [4.78, 5) is 22.3. The van der Waals surface area contributed by atoms with Crippen molar-refractivity contribution in [2.24, 2.45) is 5.10 Å². The Hall–Kier alpha value is -3.72. The fraction of sp³-hybridized carbons (Fsp3) is 0.0476. The van der Waals surface area contributed by atoms with Crippen molar-refractivity contribution < 1.29 is 14.5 Å². The molecule has 0 aliphatic rings. The average Bonchev–Trinajstić information content (AvgIpc) is 2.73. The van der Waals surface area contributed by atoms with E-state index in [1.807, 2.05) is 0 Å². The first-order chi connectivity index (χ1) is 14.4. The maximum absolute atomic E-state index is 12.1. The minimum atomic E-state index is -0.446. The predicted octanol–water partition coefficient (Wildman–Crippen LogP) is 4.28. The van der Waals surface area contributed by atoms with Crippen LogP contribution < -0.4 is 15.9 Å². The Balaban J connectivity index is 1.58. The normalized spacial score (nSPS) is 10.7. The minimum Gasteiger partial charge on any atom is -0.488 e. The molecule has 3 aromatic carbocycles. The van der Waals surface area contributed by atoms with E-state index in [0.29, 0.717) is 21.5 Å². The molecule has 1 amide bonds. The zero-order valence-corrected chi connectivity index (χ0v) is 17.2. The lowest BCUT2D eigenvalue weighted by molar-refractivity contribution is -0.384. The molecule has 3 rings (SSSR count). The van der Waals surface area contributed by atoms with Crippen LogP contribution in [0, 0.1) is 10.1 Å². The molecule has 3 aromatic rings. The number of ether oxygens (including phenoxy) is 1. The number of carbonyl (C=O) groups excluding carboxylic acids is 1. The van der Waals surface area contributed by atoms with Crippen LogP contribution in [-0.4, -0.2) is 17.0 Å². The Labute approximate surface area is 180 Å². The zero-order valence-electron chi connectivity index (χ0n) is 15.6. The van der Waals surface area contributed by atoms with Gasteiger partial charge < -0.3 is 10.5 Å². The number of nitrogens with zero attached hydrogens (tertiary/aromatic N) is 2. The number of rotatable bonds is 7. The summed E-state index contributed by atoms with van der Waals surface area (Å²) in [6, 6.07) is 18.2. The highest BCUT2D eigenvalue weighted by Crippen LogP contribution is 2.26. The van der Waals surface area contributed by atoms with Crippen molar-refractivity contribution in [1.29, 1.82) is 0 Å². The second-order valence-corrected chi connectivity index (χ2v) is 7.04. The van der Waals surface area contributed by atoms with Gasteiger partial charge in [-0.25, -0.2) is 5.43 Å². The molecule has 30 heavy (non-hydrogen) atoms.